The van der Waals surface area contributed by atoms with E-state index in [-0.39, 0.29) is 11.8 Å². The standard InChI is InChI=1S/C19H19N3O2S/c1-13-3-5-15(6-4-13)17(23)7-8-18(24)21-16-9-10-22(11-16)19-20-14(2)12-25-19/h3-6,12,16H,9-11H2,1-2H3,(H,21,24). The minimum Gasteiger partial charge on any atom is -0.346 e. The average Bonchev–Trinajstić information content (AvgIpc) is 3.22. The summed E-state index contributed by atoms with van der Waals surface area (Å²) in [5, 5.41) is 5.87. The normalized spacial score (nSPS) is 16.2. The number of thiazole rings is 1. The van der Waals surface area contributed by atoms with Crippen LogP contribution in [0.5, 0.6) is 0 Å². The van der Waals surface area contributed by atoms with E-state index in [1.165, 1.54) is 0 Å². The number of hydrogen-bond acceptors (Lipinski definition) is 5. The lowest BCUT2D eigenvalue weighted by Crippen LogP contribution is -2.36. The average molecular weight is 353 g/mol. The Morgan fingerprint density at radius 1 is 1.24 bits per heavy atom. The van der Waals surface area contributed by atoms with E-state index in [4.69, 9.17) is 0 Å². The molecule has 6 heteroatoms. The molecule has 1 saturated heterocycles. The molecule has 1 unspecified atom stereocenters. The molecule has 1 aliphatic rings. The van der Waals surface area contributed by atoms with Crippen LogP contribution < -0.4 is 10.2 Å². The van der Waals surface area contributed by atoms with Gasteiger partial charge < -0.3 is 10.2 Å². The van der Waals surface area contributed by atoms with Crippen LogP contribution in [-0.4, -0.2) is 35.8 Å². The van der Waals surface area contributed by atoms with Crippen molar-refractivity contribution in [1.29, 1.82) is 0 Å². The number of carbonyl (C=O) groups is 2. The van der Waals surface area contributed by atoms with Crippen LogP contribution in [0.1, 0.15) is 28.0 Å². The van der Waals surface area contributed by atoms with Crippen LogP contribution in [0.2, 0.25) is 0 Å². The van der Waals surface area contributed by atoms with Crippen LogP contribution >= 0.6 is 11.3 Å². The van der Waals surface area contributed by atoms with E-state index in [0.717, 1.165) is 29.4 Å². The number of Topliss-reactive ketones (excluding diaryl/α,β-unsaturated/α-hetero) is 1. The Hall–Kier alpha value is -2.65. The number of rotatable bonds is 3. The second-order valence-electron chi connectivity index (χ2n) is 6.12. The lowest BCUT2D eigenvalue weighted by atomic mass is 10.1. The Labute approximate surface area is 151 Å². The molecule has 0 spiro atoms. The van der Waals surface area contributed by atoms with Crippen LogP contribution in [0.3, 0.4) is 0 Å². The summed E-state index contributed by atoms with van der Waals surface area (Å²) in [5.74, 6) is 4.05. The summed E-state index contributed by atoms with van der Waals surface area (Å²) in [6.45, 7) is 5.49. The molecular weight excluding hydrogens is 334 g/mol. The lowest BCUT2D eigenvalue weighted by molar-refractivity contribution is -0.116. The first-order chi connectivity index (χ1) is 12.0. The molecule has 0 radical (unpaired) electrons. The van der Waals surface area contributed by atoms with Crippen molar-refractivity contribution >= 4 is 28.2 Å². The molecule has 3 rings (SSSR count). The first-order valence-corrected chi connectivity index (χ1v) is 9.00. The Morgan fingerprint density at radius 3 is 2.68 bits per heavy atom. The zero-order valence-electron chi connectivity index (χ0n) is 14.2. The predicted octanol–water partition coefficient (Wildman–Crippen LogP) is 2.34. The fourth-order valence-corrected chi connectivity index (χ4v) is 3.49. The highest BCUT2D eigenvalue weighted by Gasteiger charge is 2.25. The smallest absolute Gasteiger partial charge is 0.296 e. The maximum atomic E-state index is 12.0. The Morgan fingerprint density at radius 2 is 2.00 bits per heavy atom. The van der Waals surface area contributed by atoms with E-state index < -0.39 is 5.91 Å². The number of hydrogen-bond donors (Lipinski definition) is 1. The van der Waals surface area contributed by atoms with E-state index in [1.807, 2.05) is 31.4 Å². The molecule has 25 heavy (non-hydrogen) atoms. The first-order valence-electron chi connectivity index (χ1n) is 8.12. The maximum Gasteiger partial charge on any atom is 0.296 e. The first kappa shape index (κ1) is 17.2. The number of aromatic nitrogens is 1. The van der Waals surface area contributed by atoms with Gasteiger partial charge in [-0.3, -0.25) is 9.59 Å². The molecule has 0 saturated carbocycles. The van der Waals surface area contributed by atoms with Crippen LogP contribution in [0.15, 0.2) is 29.6 Å². The number of carbonyl (C=O) groups excluding carboxylic acids is 2. The van der Waals surface area contributed by atoms with Crippen molar-refractivity contribution in [3.8, 4) is 11.8 Å². The fourth-order valence-electron chi connectivity index (χ4n) is 2.65. The molecule has 1 N–H and O–H groups in total. The van der Waals surface area contributed by atoms with E-state index in [9.17, 15) is 9.59 Å². The van der Waals surface area contributed by atoms with E-state index in [0.29, 0.717) is 12.1 Å². The SMILES string of the molecule is Cc1ccc(C(=O)C#CC(=O)NC2CCN(c3nc(C)cs3)C2)cc1. The largest absolute Gasteiger partial charge is 0.346 e. The van der Waals surface area contributed by atoms with Crippen molar-refractivity contribution in [2.45, 2.75) is 26.3 Å². The predicted molar refractivity (Wildman–Crippen MR) is 98.9 cm³/mol. The van der Waals surface area contributed by atoms with Crippen molar-refractivity contribution in [1.82, 2.24) is 10.3 Å². The number of aryl methyl sites for hydroxylation is 2. The van der Waals surface area contributed by atoms with Gasteiger partial charge in [0.1, 0.15) is 0 Å². The Kier molecular flexibility index (Phi) is 5.15. The van der Waals surface area contributed by atoms with E-state index in [1.54, 1.807) is 23.5 Å². The summed E-state index contributed by atoms with van der Waals surface area (Å²) in [6, 6.07) is 7.16. The highest BCUT2D eigenvalue weighted by molar-refractivity contribution is 7.13. The summed E-state index contributed by atoms with van der Waals surface area (Å²) in [6.07, 6.45) is 0.845. The van der Waals surface area contributed by atoms with Crippen LogP contribution in [0.4, 0.5) is 5.13 Å². The third-order valence-corrected chi connectivity index (χ3v) is 5.02. The van der Waals surface area contributed by atoms with Gasteiger partial charge in [-0.25, -0.2) is 4.98 Å². The van der Waals surface area contributed by atoms with Gasteiger partial charge >= 0.3 is 0 Å². The molecule has 1 atom stereocenters. The number of nitrogens with one attached hydrogen (secondary N) is 1. The van der Waals surface area contributed by atoms with Gasteiger partial charge in [-0.1, -0.05) is 29.8 Å². The number of nitrogens with zero attached hydrogens (tertiary/aromatic N) is 2. The second-order valence-corrected chi connectivity index (χ2v) is 6.96. The molecule has 2 aromatic rings. The van der Waals surface area contributed by atoms with Gasteiger partial charge in [0.25, 0.3) is 5.91 Å². The third kappa shape index (κ3) is 4.46. The molecule has 1 fully saturated rings. The molecule has 5 nitrogen and oxygen atoms in total. The molecule has 2 heterocycles. The Bertz CT molecular complexity index is 846. The molecule has 0 aliphatic carbocycles. The Balaban J connectivity index is 1.53. The summed E-state index contributed by atoms with van der Waals surface area (Å²) in [5.41, 5.74) is 2.58. The van der Waals surface area contributed by atoms with Gasteiger partial charge in [-0.15, -0.1) is 11.3 Å². The summed E-state index contributed by atoms with van der Waals surface area (Å²) >= 11 is 1.61. The molecular formula is C19H19N3O2S. The lowest BCUT2D eigenvalue weighted by Gasteiger charge is -2.14. The molecule has 1 aliphatic heterocycles. The van der Waals surface area contributed by atoms with E-state index in [2.05, 4.69) is 27.0 Å². The van der Waals surface area contributed by atoms with Crippen molar-refractivity contribution in [3.63, 3.8) is 0 Å². The molecule has 0 bridgehead atoms. The van der Waals surface area contributed by atoms with Gasteiger partial charge in [0.15, 0.2) is 5.13 Å². The van der Waals surface area contributed by atoms with Crippen molar-refractivity contribution < 1.29 is 9.59 Å². The van der Waals surface area contributed by atoms with E-state index >= 15 is 0 Å². The van der Waals surface area contributed by atoms with Crippen LogP contribution in [-0.2, 0) is 4.79 Å². The molecule has 1 aromatic carbocycles. The van der Waals surface area contributed by atoms with Gasteiger partial charge in [0.2, 0.25) is 5.78 Å². The fraction of sp³-hybridized carbons (Fsp3) is 0.316. The highest BCUT2D eigenvalue weighted by atomic mass is 32.1. The number of anilines is 1. The topological polar surface area (TPSA) is 62.3 Å². The summed E-state index contributed by atoms with van der Waals surface area (Å²) in [4.78, 5) is 30.6. The third-order valence-electron chi connectivity index (χ3n) is 4.00. The highest BCUT2D eigenvalue weighted by Crippen LogP contribution is 2.24. The zero-order valence-corrected chi connectivity index (χ0v) is 15.0. The van der Waals surface area contributed by atoms with Gasteiger partial charge in [0.05, 0.1) is 5.69 Å². The van der Waals surface area contributed by atoms with Gasteiger partial charge in [0, 0.05) is 36.0 Å². The number of benzene rings is 1. The van der Waals surface area contributed by atoms with Gasteiger partial charge in [-0.05, 0) is 26.2 Å². The minimum atomic E-state index is -0.414. The second kappa shape index (κ2) is 7.49. The quantitative estimate of drug-likeness (QED) is 0.523. The van der Waals surface area contributed by atoms with Gasteiger partial charge in [-0.2, -0.15) is 0 Å². The van der Waals surface area contributed by atoms with Crippen molar-refractivity contribution in [2.24, 2.45) is 0 Å². The molecule has 1 amide bonds. The van der Waals surface area contributed by atoms with Crippen molar-refractivity contribution in [3.05, 3.63) is 46.5 Å². The molecule has 128 valence electrons. The number of amides is 1. The molecule has 1 aromatic heterocycles. The maximum absolute atomic E-state index is 12.0. The van der Waals surface area contributed by atoms with Crippen LogP contribution in [0, 0.1) is 25.7 Å². The van der Waals surface area contributed by atoms with Crippen molar-refractivity contribution in [2.75, 3.05) is 18.0 Å². The number of ketones is 1. The zero-order chi connectivity index (χ0) is 17.8. The van der Waals surface area contributed by atoms with Crippen LogP contribution in [0.25, 0.3) is 0 Å². The minimum absolute atomic E-state index is 0.0282. The summed E-state index contributed by atoms with van der Waals surface area (Å²) in [7, 11) is 0. The summed E-state index contributed by atoms with van der Waals surface area (Å²) < 4.78 is 0. The monoisotopic (exact) mass is 353 g/mol.